The highest BCUT2D eigenvalue weighted by atomic mass is 16.6. The van der Waals surface area contributed by atoms with E-state index in [1.807, 2.05) is 43.5 Å². The molecule has 0 spiro atoms. The Kier molecular flexibility index (Phi) is 5.78. The van der Waals surface area contributed by atoms with Gasteiger partial charge in [0.1, 0.15) is 22.8 Å². The number of aryl methyl sites for hydroxylation is 1. The molecule has 1 aliphatic rings. The van der Waals surface area contributed by atoms with Gasteiger partial charge in [0.15, 0.2) is 17.5 Å². The number of imidazole rings is 1. The van der Waals surface area contributed by atoms with Crippen molar-refractivity contribution in [3.8, 4) is 11.5 Å². The van der Waals surface area contributed by atoms with Crippen molar-refractivity contribution in [2.24, 2.45) is 0 Å². The van der Waals surface area contributed by atoms with Crippen molar-refractivity contribution in [3.63, 3.8) is 0 Å². The molecule has 12 heteroatoms. The van der Waals surface area contributed by atoms with Crippen LogP contribution in [0.25, 0.3) is 22.7 Å². The molecule has 0 atom stereocenters. The zero-order valence-electron chi connectivity index (χ0n) is 20.6. The van der Waals surface area contributed by atoms with E-state index in [0.29, 0.717) is 54.1 Å². The van der Waals surface area contributed by atoms with Crippen LogP contribution in [-0.2, 0) is 4.74 Å². The largest absolute Gasteiger partial charge is 0.444 e. The first-order valence-corrected chi connectivity index (χ1v) is 11.6. The van der Waals surface area contributed by atoms with E-state index in [1.165, 1.54) is 0 Å². The summed E-state index contributed by atoms with van der Waals surface area (Å²) in [6, 6.07) is 5.76. The Morgan fingerprint density at radius 1 is 1.17 bits per heavy atom. The highest BCUT2D eigenvalue weighted by Crippen LogP contribution is 2.31. The monoisotopic (exact) mass is 488 g/mol. The van der Waals surface area contributed by atoms with E-state index in [2.05, 4.69) is 36.5 Å². The predicted octanol–water partition coefficient (Wildman–Crippen LogP) is 3.57. The van der Waals surface area contributed by atoms with Crippen LogP contribution in [0.4, 0.5) is 22.4 Å². The Bertz CT molecular complexity index is 1430. The summed E-state index contributed by atoms with van der Waals surface area (Å²) in [5.74, 6) is 2.18. The number of fused-ring (bicyclic) bond motifs is 1. The number of nitrogens with one attached hydrogen (secondary N) is 2. The number of carbonyl (C=O) groups is 1. The van der Waals surface area contributed by atoms with Gasteiger partial charge in [-0.2, -0.15) is 15.1 Å². The molecule has 0 unspecified atom stereocenters. The van der Waals surface area contributed by atoms with Gasteiger partial charge >= 0.3 is 6.09 Å². The molecule has 0 saturated carbocycles. The van der Waals surface area contributed by atoms with Crippen LogP contribution < -0.4 is 11.1 Å². The van der Waals surface area contributed by atoms with E-state index in [-0.39, 0.29) is 12.0 Å². The van der Waals surface area contributed by atoms with Crippen molar-refractivity contribution in [2.45, 2.75) is 39.7 Å². The number of ether oxygens (including phenoxy) is 1. The molecule has 1 amide bonds. The van der Waals surface area contributed by atoms with E-state index in [1.54, 1.807) is 24.1 Å². The molecule has 4 aromatic rings. The van der Waals surface area contributed by atoms with Crippen LogP contribution >= 0.6 is 0 Å². The molecule has 12 nitrogen and oxygen atoms in total. The lowest BCUT2D eigenvalue weighted by Crippen LogP contribution is -2.39. The van der Waals surface area contributed by atoms with Crippen molar-refractivity contribution in [3.05, 3.63) is 48.1 Å². The normalized spacial score (nSPS) is 14.1. The molecular formula is C24H28N10O2. The molecule has 0 aliphatic carbocycles. The summed E-state index contributed by atoms with van der Waals surface area (Å²) in [5.41, 5.74) is 8.89. The highest BCUT2D eigenvalue weighted by molar-refractivity contribution is 5.78. The van der Waals surface area contributed by atoms with Crippen LogP contribution in [0.1, 0.15) is 38.6 Å². The van der Waals surface area contributed by atoms with Crippen LogP contribution in [0.5, 0.6) is 0 Å². The first-order chi connectivity index (χ1) is 17.2. The molecule has 4 aromatic heterocycles. The van der Waals surface area contributed by atoms with Gasteiger partial charge in [-0.15, -0.1) is 0 Å². The molecular weight excluding hydrogens is 460 g/mol. The third-order valence-electron chi connectivity index (χ3n) is 5.57. The number of nitrogens with two attached hydrogens (primary N) is 1. The van der Waals surface area contributed by atoms with Gasteiger partial charge in [-0.05, 0) is 57.4 Å². The maximum absolute atomic E-state index is 12.4. The Balaban J connectivity index is 1.52. The van der Waals surface area contributed by atoms with Crippen LogP contribution in [0.15, 0.2) is 36.7 Å². The lowest BCUT2D eigenvalue weighted by Gasteiger charge is -2.29. The molecule has 0 radical (unpaired) electrons. The molecule has 0 fully saturated rings. The van der Waals surface area contributed by atoms with Gasteiger partial charge < -0.3 is 20.7 Å². The number of H-pyrrole nitrogens is 1. The molecule has 1 aliphatic heterocycles. The van der Waals surface area contributed by atoms with Gasteiger partial charge in [0.25, 0.3) is 0 Å². The van der Waals surface area contributed by atoms with Gasteiger partial charge in [0.2, 0.25) is 5.95 Å². The van der Waals surface area contributed by atoms with Crippen molar-refractivity contribution in [1.29, 1.82) is 0 Å². The van der Waals surface area contributed by atoms with Crippen molar-refractivity contribution < 1.29 is 9.53 Å². The molecule has 0 saturated heterocycles. The fourth-order valence-corrected chi connectivity index (χ4v) is 4.02. The molecule has 5 rings (SSSR count). The quantitative estimate of drug-likeness (QED) is 0.391. The van der Waals surface area contributed by atoms with Gasteiger partial charge in [-0.25, -0.2) is 14.8 Å². The lowest BCUT2D eigenvalue weighted by molar-refractivity contribution is 0.0270. The minimum atomic E-state index is -0.525. The zero-order valence-corrected chi connectivity index (χ0v) is 20.6. The van der Waals surface area contributed by atoms with E-state index < -0.39 is 5.60 Å². The number of rotatable bonds is 4. The number of hydrogen-bond acceptors (Lipinski definition) is 9. The van der Waals surface area contributed by atoms with Crippen LogP contribution in [0, 0.1) is 6.92 Å². The van der Waals surface area contributed by atoms with Crippen molar-refractivity contribution in [2.75, 3.05) is 24.1 Å². The number of nitrogen functional groups attached to an aromatic ring is 1. The average Bonchev–Trinajstić information content (AvgIpc) is 3.44. The SMILES string of the molecule is Cc1nc(N)nc(-c2c(Nc3cc[nH]n3)nc3ccc(C4=CCN(C(=O)OC(C)(C)C)CC4)cn23)n1. The molecule has 5 heterocycles. The van der Waals surface area contributed by atoms with Gasteiger partial charge in [0, 0.05) is 31.5 Å². The van der Waals surface area contributed by atoms with Gasteiger partial charge in [0.05, 0.1) is 0 Å². The summed E-state index contributed by atoms with van der Waals surface area (Å²) < 4.78 is 7.44. The third kappa shape index (κ3) is 4.83. The minimum Gasteiger partial charge on any atom is -0.444 e. The van der Waals surface area contributed by atoms with Crippen molar-refractivity contribution >= 4 is 34.9 Å². The number of carbonyl (C=O) groups excluding carboxylic acids is 1. The van der Waals surface area contributed by atoms with Crippen LogP contribution in [0.2, 0.25) is 0 Å². The Morgan fingerprint density at radius 2 is 2.00 bits per heavy atom. The van der Waals surface area contributed by atoms with Crippen LogP contribution in [-0.4, -0.2) is 64.2 Å². The van der Waals surface area contributed by atoms with E-state index in [9.17, 15) is 4.79 Å². The van der Waals surface area contributed by atoms with E-state index in [0.717, 1.165) is 11.1 Å². The smallest absolute Gasteiger partial charge is 0.410 e. The summed E-state index contributed by atoms with van der Waals surface area (Å²) >= 11 is 0. The zero-order chi connectivity index (χ0) is 25.4. The van der Waals surface area contributed by atoms with Gasteiger partial charge in [-0.1, -0.05) is 6.08 Å². The summed E-state index contributed by atoms with van der Waals surface area (Å²) in [6.07, 6.45) is 6.17. The number of aromatic nitrogens is 7. The summed E-state index contributed by atoms with van der Waals surface area (Å²) in [4.78, 5) is 31.9. The Labute approximate surface area is 207 Å². The maximum Gasteiger partial charge on any atom is 0.410 e. The molecule has 0 aromatic carbocycles. The number of aromatic amines is 1. The van der Waals surface area contributed by atoms with Crippen molar-refractivity contribution in [1.82, 2.24) is 39.4 Å². The summed E-state index contributed by atoms with van der Waals surface area (Å²) in [5, 5.41) is 10.2. The second-order valence-corrected chi connectivity index (χ2v) is 9.51. The van der Waals surface area contributed by atoms with E-state index >= 15 is 0 Å². The number of anilines is 3. The topological polar surface area (TPSA) is 152 Å². The molecule has 4 N–H and O–H groups in total. The van der Waals surface area contributed by atoms with Gasteiger partial charge in [-0.3, -0.25) is 9.50 Å². The number of hydrogen-bond donors (Lipinski definition) is 3. The highest BCUT2D eigenvalue weighted by Gasteiger charge is 2.25. The Hall–Kier alpha value is -4.48. The molecule has 0 bridgehead atoms. The third-order valence-corrected chi connectivity index (χ3v) is 5.57. The predicted molar refractivity (Wildman–Crippen MR) is 135 cm³/mol. The second-order valence-electron chi connectivity index (χ2n) is 9.51. The van der Waals surface area contributed by atoms with Crippen LogP contribution in [0.3, 0.4) is 0 Å². The number of pyridine rings is 1. The number of nitrogens with zero attached hydrogens (tertiary/aromatic N) is 7. The summed E-state index contributed by atoms with van der Waals surface area (Å²) in [7, 11) is 0. The fraction of sp³-hybridized carbons (Fsp3) is 0.333. The maximum atomic E-state index is 12.4. The minimum absolute atomic E-state index is 0.131. The Morgan fingerprint density at radius 3 is 2.67 bits per heavy atom. The average molecular weight is 489 g/mol. The fourth-order valence-electron chi connectivity index (χ4n) is 4.02. The van der Waals surface area contributed by atoms with E-state index in [4.69, 9.17) is 15.5 Å². The number of amides is 1. The lowest BCUT2D eigenvalue weighted by atomic mass is 10.0. The molecule has 186 valence electrons. The standard InChI is InChI=1S/C24H28N10O2/c1-14-27-20(31-22(25)28-14)19-21(29-17-7-10-26-32-17)30-18-6-5-16(13-34(18)19)15-8-11-33(12-9-15)23(35)36-24(2,3)4/h5-8,10,13H,9,11-12H2,1-4H3,(H2,26,29,32)(H2,25,27,28,31). The molecule has 36 heavy (non-hydrogen) atoms. The first kappa shape index (κ1) is 23.3. The summed E-state index contributed by atoms with van der Waals surface area (Å²) in [6.45, 7) is 8.42. The first-order valence-electron chi connectivity index (χ1n) is 11.6. The second kappa shape index (κ2) is 8.95.